The summed E-state index contributed by atoms with van der Waals surface area (Å²) >= 11 is 5.90. The Hall–Kier alpha value is -1.48. The van der Waals surface area contributed by atoms with Crippen LogP contribution in [0.3, 0.4) is 0 Å². The Morgan fingerprint density at radius 2 is 2.17 bits per heavy atom. The summed E-state index contributed by atoms with van der Waals surface area (Å²) in [5.41, 5.74) is 0.932. The highest BCUT2D eigenvalue weighted by Crippen LogP contribution is 2.18. The molecule has 0 aliphatic heterocycles. The largest absolute Gasteiger partial charge is 0.487 e. The average Bonchev–Trinajstić information content (AvgIpc) is 2.68. The van der Waals surface area contributed by atoms with E-state index in [0.29, 0.717) is 17.7 Å². The number of rotatable bonds is 4. The van der Waals surface area contributed by atoms with E-state index in [9.17, 15) is 0 Å². The lowest BCUT2D eigenvalue weighted by atomic mass is 10.3. The highest BCUT2D eigenvalue weighted by Gasteiger charge is 2.07. The summed E-state index contributed by atoms with van der Waals surface area (Å²) in [5.74, 6) is 1.77. The van der Waals surface area contributed by atoms with Gasteiger partial charge in [0.25, 0.3) is 0 Å². The number of halogens is 1. The maximum absolute atomic E-state index is 5.90. The van der Waals surface area contributed by atoms with Gasteiger partial charge in [0.2, 0.25) is 0 Å². The summed E-state index contributed by atoms with van der Waals surface area (Å²) in [6.45, 7) is 6.73. The van der Waals surface area contributed by atoms with Crippen molar-refractivity contribution >= 4 is 11.6 Å². The highest BCUT2D eigenvalue weighted by molar-refractivity contribution is 6.30. The van der Waals surface area contributed by atoms with Gasteiger partial charge in [0, 0.05) is 17.3 Å². The minimum atomic E-state index is 0.414. The van der Waals surface area contributed by atoms with Crippen molar-refractivity contribution in [3.8, 4) is 5.75 Å². The predicted octanol–water partition coefficient (Wildman–Crippen LogP) is 4.00. The van der Waals surface area contributed by atoms with E-state index in [1.165, 1.54) is 0 Å². The molecule has 3 nitrogen and oxygen atoms in total. The van der Waals surface area contributed by atoms with Gasteiger partial charge >= 0.3 is 0 Å². The number of benzene rings is 1. The second-order valence-corrected chi connectivity index (χ2v) is 4.96. The minimum absolute atomic E-state index is 0.414. The van der Waals surface area contributed by atoms with Crippen molar-refractivity contribution in [2.24, 2.45) is 0 Å². The van der Waals surface area contributed by atoms with E-state index in [1.807, 2.05) is 31.3 Å². The Labute approximate surface area is 112 Å². The van der Waals surface area contributed by atoms with Crippen molar-refractivity contribution in [2.45, 2.75) is 33.4 Å². The Morgan fingerprint density at radius 3 is 2.78 bits per heavy atom. The summed E-state index contributed by atoms with van der Waals surface area (Å²) in [7, 11) is 0. The van der Waals surface area contributed by atoms with E-state index in [4.69, 9.17) is 16.3 Å². The molecule has 1 heterocycles. The van der Waals surface area contributed by atoms with Crippen molar-refractivity contribution in [1.82, 2.24) is 9.55 Å². The third kappa shape index (κ3) is 3.05. The van der Waals surface area contributed by atoms with Gasteiger partial charge in [-0.2, -0.15) is 0 Å². The van der Waals surface area contributed by atoms with Gasteiger partial charge in [-0.1, -0.05) is 17.7 Å². The van der Waals surface area contributed by atoms with Crippen LogP contribution in [-0.2, 0) is 6.61 Å². The van der Waals surface area contributed by atoms with Gasteiger partial charge in [-0.3, -0.25) is 0 Å². The summed E-state index contributed by atoms with van der Waals surface area (Å²) in [6, 6.07) is 7.80. The molecule has 1 aromatic heterocycles. The molecule has 18 heavy (non-hydrogen) atoms. The van der Waals surface area contributed by atoms with E-state index in [2.05, 4.69) is 23.4 Å². The summed E-state index contributed by atoms with van der Waals surface area (Å²) in [5, 5.41) is 0.677. The Kier molecular flexibility index (Phi) is 3.92. The fourth-order valence-electron chi connectivity index (χ4n) is 1.85. The number of aromatic nitrogens is 2. The molecule has 0 aliphatic carbocycles. The van der Waals surface area contributed by atoms with Crippen molar-refractivity contribution in [3.05, 3.63) is 47.0 Å². The molecule has 2 aromatic rings. The number of ether oxygens (including phenoxy) is 1. The lowest BCUT2D eigenvalue weighted by Crippen LogP contribution is -2.00. The molecule has 0 atom stereocenters. The van der Waals surface area contributed by atoms with Gasteiger partial charge < -0.3 is 9.30 Å². The molecule has 0 unspecified atom stereocenters. The van der Waals surface area contributed by atoms with Gasteiger partial charge in [0.05, 0.1) is 5.69 Å². The van der Waals surface area contributed by atoms with E-state index in [0.717, 1.165) is 17.3 Å². The molecule has 1 aromatic carbocycles. The third-order valence-electron chi connectivity index (χ3n) is 2.71. The number of imidazole rings is 1. The van der Waals surface area contributed by atoms with Crippen LogP contribution in [-0.4, -0.2) is 9.55 Å². The molecular formula is C14H17ClN2O. The minimum Gasteiger partial charge on any atom is -0.487 e. The Morgan fingerprint density at radius 1 is 1.39 bits per heavy atom. The van der Waals surface area contributed by atoms with Gasteiger partial charge in [-0.05, 0) is 39.0 Å². The summed E-state index contributed by atoms with van der Waals surface area (Å²) in [6.07, 6.45) is 2.03. The van der Waals surface area contributed by atoms with Crippen LogP contribution in [0.15, 0.2) is 30.5 Å². The first-order chi connectivity index (χ1) is 8.56. The van der Waals surface area contributed by atoms with Crippen molar-refractivity contribution < 1.29 is 4.74 Å². The second kappa shape index (κ2) is 5.44. The Bertz CT molecular complexity index is 534. The summed E-state index contributed by atoms with van der Waals surface area (Å²) in [4.78, 5) is 4.47. The van der Waals surface area contributed by atoms with Crippen LogP contribution in [0.1, 0.15) is 31.4 Å². The van der Waals surface area contributed by atoms with E-state index >= 15 is 0 Å². The van der Waals surface area contributed by atoms with E-state index in [-0.39, 0.29) is 0 Å². The molecule has 0 N–H and O–H groups in total. The zero-order valence-electron chi connectivity index (χ0n) is 10.9. The fraction of sp³-hybridized carbons (Fsp3) is 0.357. The average molecular weight is 265 g/mol. The fourth-order valence-corrected chi connectivity index (χ4v) is 2.04. The molecule has 2 rings (SSSR count). The molecule has 0 spiro atoms. The first-order valence-corrected chi connectivity index (χ1v) is 6.37. The lowest BCUT2D eigenvalue weighted by molar-refractivity contribution is 0.301. The van der Waals surface area contributed by atoms with Crippen LogP contribution >= 0.6 is 11.6 Å². The molecule has 96 valence electrons. The normalized spacial score (nSPS) is 10.9. The summed E-state index contributed by atoms with van der Waals surface area (Å²) < 4.78 is 7.80. The van der Waals surface area contributed by atoms with Gasteiger partial charge in [-0.15, -0.1) is 0 Å². The standard InChI is InChI=1S/C14H17ClN2O/c1-10(2)17-8-13(16-11(17)3)9-18-14-6-4-5-12(15)7-14/h4-8,10H,9H2,1-3H3. The van der Waals surface area contributed by atoms with Crippen LogP contribution in [0.2, 0.25) is 5.02 Å². The van der Waals surface area contributed by atoms with Crippen molar-refractivity contribution in [2.75, 3.05) is 0 Å². The van der Waals surface area contributed by atoms with Crippen LogP contribution in [0.4, 0.5) is 0 Å². The van der Waals surface area contributed by atoms with Gasteiger partial charge in [-0.25, -0.2) is 4.98 Å². The maximum atomic E-state index is 5.90. The number of hydrogen-bond acceptors (Lipinski definition) is 2. The molecule has 0 bridgehead atoms. The van der Waals surface area contributed by atoms with Crippen LogP contribution < -0.4 is 4.74 Å². The number of nitrogens with zero attached hydrogens (tertiary/aromatic N) is 2. The molecule has 0 aliphatic rings. The molecule has 0 fully saturated rings. The maximum Gasteiger partial charge on any atom is 0.132 e. The molecule has 0 radical (unpaired) electrons. The quantitative estimate of drug-likeness (QED) is 0.834. The second-order valence-electron chi connectivity index (χ2n) is 4.53. The molecule has 0 saturated heterocycles. The molecule has 0 saturated carbocycles. The molecule has 4 heteroatoms. The smallest absolute Gasteiger partial charge is 0.132 e. The molecule has 0 amide bonds. The van der Waals surface area contributed by atoms with E-state index < -0.39 is 0 Å². The zero-order valence-corrected chi connectivity index (χ0v) is 11.6. The predicted molar refractivity (Wildman–Crippen MR) is 73.1 cm³/mol. The first kappa shape index (κ1) is 13.0. The number of aryl methyl sites for hydroxylation is 1. The first-order valence-electron chi connectivity index (χ1n) is 5.99. The van der Waals surface area contributed by atoms with E-state index in [1.54, 1.807) is 6.07 Å². The van der Waals surface area contributed by atoms with Crippen LogP contribution in [0.5, 0.6) is 5.75 Å². The van der Waals surface area contributed by atoms with Crippen molar-refractivity contribution in [1.29, 1.82) is 0 Å². The molecular weight excluding hydrogens is 248 g/mol. The monoisotopic (exact) mass is 264 g/mol. The van der Waals surface area contributed by atoms with Gasteiger partial charge in [0.15, 0.2) is 0 Å². The zero-order chi connectivity index (χ0) is 13.1. The van der Waals surface area contributed by atoms with Crippen molar-refractivity contribution in [3.63, 3.8) is 0 Å². The highest BCUT2D eigenvalue weighted by atomic mass is 35.5. The van der Waals surface area contributed by atoms with Crippen LogP contribution in [0.25, 0.3) is 0 Å². The van der Waals surface area contributed by atoms with Crippen LogP contribution in [0, 0.1) is 6.92 Å². The van der Waals surface area contributed by atoms with Gasteiger partial charge in [0.1, 0.15) is 18.2 Å². The topological polar surface area (TPSA) is 27.1 Å². The SMILES string of the molecule is Cc1nc(COc2cccc(Cl)c2)cn1C(C)C. The number of hydrogen-bond donors (Lipinski definition) is 0. The lowest BCUT2D eigenvalue weighted by Gasteiger charge is -2.07. The third-order valence-corrected chi connectivity index (χ3v) is 2.94. The Balaban J connectivity index is 2.04.